The van der Waals surface area contributed by atoms with Gasteiger partial charge in [-0.2, -0.15) is 0 Å². The highest BCUT2D eigenvalue weighted by Crippen LogP contribution is 2.24. The van der Waals surface area contributed by atoms with Crippen molar-refractivity contribution >= 4 is 35.9 Å². The van der Waals surface area contributed by atoms with Crippen LogP contribution in [-0.2, 0) is 9.53 Å². The van der Waals surface area contributed by atoms with Gasteiger partial charge in [0.25, 0.3) is 0 Å². The van der Waals surface area contributed by atoms with Crippen molar-refractivity contribution in [2.75, 3.05) is 47.9 Å². The number of ether oxygens (including phenoxy) is 1. The Kier molecular flexibility index (Phi) is 8.70. The standard InChI is InChI=1S/C17H28N4O3.HI/c1-12-10-21(11-13(12)16(22)23-5)17(18-2)19-9-14(20(3)4)15-7-6-8-24-15;/h6-8,12-14H,9-11H2,1-5H3,(H,18,19);1H. The fourth-order valence-corrected chi connectivity index (χ4v) is 3.14. The normalized spacial score (nSPS) is 21.8. The molecule has 1 aromatic heterocycles. The predicted molar refractivity (Wildman–Crippen MR) is 108 cm³/mol. The van der Waals surface area contributed by atoms with Crippen LogP contribution in [0.15, 0.2) is 27.8 Å². The molecule has 3 atom stereocenters. The lowest BCUT2D eigenvalue weighted by molar-refractivity contribution is -0.145. The van der Waals surface area contributed by atoms with Crippen LogP contribution in [0, 0.1) is 11.8 Å². The van der Waals surface area contributed by atoms with E-state index < -0.39 is 0 Å². The van der Waals surface area contributed by atoms with E-state index in [-0.39, 0.29) is 47.8 Å². The Balaban J connectivity index is 0.00000312. The molecule has 2 heterocycles. The number of esters is 1. The Morgan fingerprint density at radius 3 is 2.76 bits per heavy atom. The van der Waals surface area contributed by atoms with Crippen molar-refractivity contribution in [1.29, 1.82) is 0 Å². The lowest BCUT2D eigenvalue weighted by Crippen LogP contribution is -2.43. The highest BCUT2D eigenvalue weighted by Gasteiger charge is 2.37. The number of halogens is 1. The molecule has 0 saturated carbocycles. The molecule has 1 aromatic rings. The maximum atomic E-state index is 11.9. The summed E-state index contributed by atoms with van der Waals surface area (Å²) in [5.41, 5.74) is 0. The van der Waals surface area contributed by atoms with Crippen LogP contribution < -0.4 is 5.32 Å². The number of carbonyl (C=O) groups is 1. The number of carbonyl (C=O) groups excluding carboxylic acids is 1. The number of methoxy groups -OCH3 is 1. The highest BCUT2D eigenvalue weighted by atomic mass is 127. The Bertz CT molecular complexity index is 562. The van der Waals surface area contributed by atoms with Crippen molar-refractivity contribution in [3.63, 3.8) is 0 Å². The van der Waals surface area contributed by atoms with Crippen LogP contribution in [0.1, 0.15) is 18.7 Å². The number of rotatable bonds is 5. The second-order valence-corrected chi connectivity index (χ2v) is 6.43. The summed E-state index contributed by atoms with van der Waals surface area (Å²) in [5, 5.41) is 3.40. The highest BCUT2D eigenvalue weighted by molar-refractivity contribution is 14.0. The third-order valence-electron chi connectivity index (χ3n) is 4.58. The number of aliphatic imine (C=N–C) groups is 1. The van der Waals surface area contributed by atoms with Gasteiger partial charge in [-0.3, -0.25) is 14.7 Å². The van der Waals surface area contributed by atoms with Crippen LogP contribution in [0.25, 0.3) is 0 Å². The Morgan fingerprint density at radius 1 is 1.52 bits per heavy atom. The topological polar surface area (TPSA) is 70.3 Å². The summed E-state index contributed by atoms with van der Waals surface area (Å²) < 4.78 is 10.4. The van der Waals surface area contributed by atoms with E-state index in [2.05, 4.69) is 27.0 Å². The molecule has 0 radical (unpaired) electrons. The number of likely N-dealkylation sites (tertiary alicyclic amines) is 1. The molecule has 1 aliphatic heterocycles. The van der Waals surface area contributed by atoms with Gasteiger partial charge in [-0.05, 0) is 32.1 Å². The van der Waals surface area contributed by atoms with E-state index in [0.717, 1.165) is 18.3 Å². The number of nitrogens with one attached hydrogen (secondary N) is 1. The average molecular weight is 464 g/mol. The zero-order valence-corrected chi connectivity index (χ0v) is 17.9. The quantitative estimate of drug-likeness (QED) is 0.310. The van der Waals surface area contributed by atoms with Gasteiger partial charge in [0.15, 0.2) is 5.96 Å². The van der Waals surface area contributed by atoms with Gasteiger partial charge in [-0.15, -0.1) is 24.0 Å². The van der Waals surface area contributed by atoms with Crippen molar-refractivity contribution in [3.05, 3.63) is 24.2 Å². The number of hydrogen-bond donors (Lipinski definition) is 1. The lowest BCUT2D eigenvalue weighted by Gasteiger charge is -2.26. The summed E-state index contributed by atoms with van der Waals surface area (Å²) in [4.78, 5) is 20.4. The van der Waals surface area contributed by atoms with Gasteiger partial charge in [0.2, 0.25) is 0 Å². The lowest BCUT2D eigenvalue weighted by atomic mass is 9.99. The molecule has 2 rings (SSSR count). The Hall–Kier alpha value is -1.29. The molecule has 7 nitrogen and oxygen atoms in total. The van der Waals surface area contributed by atoms with Crippen LogP contribution in [-0.4, -0.2) is 69.6 Å². The summed E-state index contributed by atoms with van der Waals surface area (Å²) in [6.45, 7) is 4.15. The van der Waals surface area contributed by atoms with Crippen molar-refractivity contribution in [2.45, 2.75) is 13.0 Å². The third-order valence-corrected chi connectivity index (χ3v) is 4.58. The van der Waals surface area contributed by atoms with Crippen molar-refractivity contribution in [2.24, 2.45) is 16.8 Å². The van der Waals surface area contributed by atoms with Crippen molar-refractivity contribution in [3.8, 4) is 0 Å². The van der Waals surface area contributed by atoms with Crippen LogP contribution in [0.3, 0.4) is 0 Å². The van der Waals surface area contributed by atoms with Crippen LogP contribution in [0.5, 0.6) is 0 Å². The summed E-state index contributed by atoms with van der Waals surface area (Å²) in [6.07, 6.45) is 1.68. The first-order valence-corrected chi connectivity index (χ1v) is 8.21. The van der Waals surface area contributed by atoms with E-state index in [1.165, 1.54) is 7.11 Å². The van der Waals surface area contributed by atoms with Crippen LogP contribution in [0.4, 0.5) is 0 Å². The minimum atomic E-state index is -0.151. The number of guanidine groups is 1. The van der Waals surface area contributed by atoms with Gasteiger partial charge >= 0.3 is 5.97 Å². The number of likely N-dealkylation sites (N-methyl/N-ethyl adjacent to an activating group) is 1. The summed E-state index contributed by atoms with van der Waals surface area (Å²) in [5.74, 6) is 1.69. The Morgan fingerprint density at radius 2 is 2.24 bits per heavy atom. The van der Waals surface area contributed by atoms with Gasteiger partial charge in [-0.1, -0.05) is 6.92 Å². The molecule has 1 saturated heterocycles. The zero-order valence-electron chi connectivity index (χ0n) is 15.6. The molecule has 8 heteroatoms. The van der Waals surface area contributed by atoms with E-state index >= 15 is 0 Å². The molecule has 1 fully saturated rings. The summed E-state index contributed by atoms with van der Waals surface area (Å²) in [7, 11) is 7.23. The first kappa shape index (κ1) is 21.8. The average Bonchev–Trinajstić information content (AvgIpc) is 3.20. The SMILES string of the molecule is CN=C(NCC(c1ccco1)N(C)C)N1CC(C)C(C(=O)OC)C1.I. The molecule has 25 heavy (non-hydrogen) atoms. The van der Waals surface area contributed by atoms with E-state index in [9.17, 15) is 4.79 Å². The minimum absolute atomic E-state index is 0. The first-order chi connectivity index (χ1) is 11.5. The van der Waals surface area contributed by atoms with Crippen LogP contribution in [0.2, 0.25) is 0 Å². The fraction of sp³-hybridized carbons (Fsp3) is 0.647. The maximum Gasteiger partial charge on any atom is 0.310 e. The fourth-order valence-electron chi connectivity index (χ4n) is 3.14. The molecule has 0 aromatic carbocycles. The number of nitrogens with zero attached hydrogens (tertiary/aromatic N) is 3. The molecular formula is C17H29IN4O3. The molecule has 0 spiro atoms. The van der Waals surface area contributed by atoms with Crippen LogP contribution >= 0.6 is 24.0 Å². The molecule has 0 bridgehead atoms. The third kappa shape index (κ3) is 5.34. The molecule has 1 aliphatic rings. The molecule has 0 aliphatic carbocycles. The Labute approximate surface area is 166 Å². The van der Waals surface area contributed by atoms with E-state index in [1.807, 2.05) is 26.2 Å². The van der Waals surface area contributed by atoms with E-state index in [0.29, 0.717) is 13.1 Å². The van der Waals surface area contributed by atoms with Gasteiger partial charge in [0.1, 0.15) is 5.76 Å². The van der Waals surface area contributed by atoms with Gasteiger partial charge in [0, 0.05) is 26.7 Å². The maximum absolute atomic E-state index is 11.9. The van der Waals surface area contributed by atoms with Gasteiger partial charge < -0.3 is 19.4 Å². The molecule has 0 amide bonds. The number of hydrogen-bond acceptors (Lipinski definition) is 5. The van der Waals surface area contributed by atoms with Crippen molar-refractivity contribution < 1.29 is 13.9 Å². The number of furan rings is 1. The van der Waals surface area contributed by atoms with Gasteiger partial charge in [-0.25, -0.2) is 0 Å². The summed E-state index contributed by atoms with van der Waals surface area (Å²) >= 11 is 0. The van der Waals surface area contributed by atoms with Gasteiger partial charge in [0.05, 0.1) is 25.3 Å². The molecule has 1 N–H and O–H groups in total. The second-order valence-electron chi connectivity index (χ2n) is 6.43. The molecule has 142 valence electrons. The molecular weight excluding hydrogens is 435 g/mol. The molecule has 3 unspecified atom stereocenters. The predicted octanol–water partition coefficient (Wildman–Crippen LogP) is 1.82. The smallest absolute Gasteiger partial charge is 0.310 e. The zero-order chi connectivity index (χ0) is 17.7. The largest absolute Gasteiger partial charge is 0.469 e. The van der Waals surface area contributed by atoms with E-state index in [4.69, 9.17) is 9.15 Å². The first-order valence-electron chi connectivity index (χ1n) is 8.21. The monoisotopic (exact) mass is 464 g/mol. The minimum Gasteiger partial charge on any atom is -0.469 e. The van der Waals surface area contributed by atoms with Crippen molar-refractivity contribution in [1.82, 2.24) is 15.1 Å². The van der Waals surface area contributed by atoms with E-state index in [1.54, 1.807) is 13.3 Å². The summed E-state index contributed by atoms with van der Waals surface area (Å²) in [6, 6.07) is 3.97. The second kappa shape index (κ2) is 10.0.